The van der Waals surface area contributed by atoms with Gasteiger partial charge in [-0.25, -0.2) is 4.79 Å². The summed E-state index contributed by atoms with van der Waals surface area (Å²) in [7, 11) is 0. The molecule has 0 atom stereocenters. The van der Waals surface area contributed by atoms with Crippen LogP contribution in [-0.2, 0) is 0 Å². The van der Waals surface area contributed by atoms with Gasteiger partial charge in [0.15, 0.2) is 5.78 Å². The lowest BCUT2D eigenvalue weighted by molar-refractivity contribution is 0.000368. The zero-order valence-corrected chi connectivity index (χ0v) is 14.8. The lowest BCUT2D eigenvalue weighted by atomic mass is 9.82. The van der Waals surface area contributed by atoms with Crippen LogP contribution in [0.3, 0.4) is 0 Å². The molecule has 5 heteroatoms. The van der Waals surface area contributed by atoms with Crippen LogP contribution < -0.4 is 10.1 Å². The molecule has 26 heavy (non-hydrogen) atoms. The van der Waals surface area contributed by atoms with E-state index in [1.807, 2.05) is 55.5 Å². The lowest BCUT2D eigenvalue weighted by Gasteiger charge is -2.43. The molecule has 1 spiro atoms. The summed E-state index contributed by atoms with van der Waals surface area (Å²) in [6.07, 6.45) is 1.71. The van der Waals surface area contributed by atoms with Gasteiger partial charge in [0.05, 0.1) is 12.0 Å². The van der Waals surface area contributed by atoms with Crippen molar-refractivity contribution in [1.29, 1.82) is 0 Å². The predicted molar refractivity (Wildman–Crippen MR) is 99.8 cm³/mol. The molecule has 2 aromatic carbocycles. The molecular formula is C21H22N2O3. The maximum atomic E-state index is 12.6. The van der Waals surface area contributed by atoms with E-state index in [0.29, 0.717) is 43.7 Å². The molecule has 1 N–H and O–H groups in total. The number of rotatable bonds is 1. The zero-order chi connectivity index (χ0) is 18.1. The van der Waals surface area contributed by atoms with Crippen LogP contribution in [0, 0.1) is 6.92 Å². The standard InChI is InChI=1S/C21H22N2O3/c1-15-7-8-19-17(13-15)18(24)14-21(26-19)9-11-23(12-10-21)20(25)22-16-5-3-2-4-6-16/h2-8,13H,9-12,14H2,1H3,(H,22,25). The molecule has 2 aliphatic rings. The highest BCUT2D eigenvalue weighted by Crippen LogP contribution is 2.39. The van der Waals surface area contributed by atoms with Crippen molar-refractivity contribution >= 4 is 17.5 Å². The van der Waals surface area contributed by atoms with E-state index in [-0.39, 0.29) is 11.8 Å². The highest BCUT2D eigenvalue weighted by molar-refractivity contribution is 6.00. The minimum Gasteiger partial charge on any atom is -0.486 e. The highest BCUT2D eigenvalue weighted by atomic mass is 16.5. The van der Waals surface area contributed by atoms with E-state index in [1.54, 1.807) is 4.90 Å². The van der Waals surface area contributed by atoms with Crippen molar-refractivity contribution in [2.75, 3.05) is 18.4 Å². The quantitative estimate of drug-likeness (QED) is 0.845. The molecule has 0 radical (unpaired) electrons. The number of aryl methyl sites for hydroxylation is 1. The number of amides is 2. The molecule has 2 amide bonds. The highest BCUT2D eigenvalue weighted by Gasteiger charge is 2.43. The molecular weight excluding hydrogens is 328 g/mol. The van der Waals surface area contributed by atoms with Gasteiger partial charge in [0.25, 0.3) is 0 Å². The van der Waals surface area contributed by atoms with Gasteiger partial charge in [-0.15, -0.1) is 0 Å². The third kappa shape index (κ3) is 3.17. The van der Waals surface area contributed by atoms with Gasteiger partial charge in [-0.3, -0.25) is 4.79 Å². The van der Waals surface area contributed by atoms with Gasteiger partial charge in [-0.1, -0.05) is 29.8 Å². The number of carbonyl (C=O) groups excluding carboxylic acids is 2. The monoisotopic (exact) mass is 350 g/mol. The largest absolute Gasteiger partial charge is 0.486 e. The Morgan fingerprint density at radius 3 is 2.58 bits per heavy atom. The molecule has 1 saturated heterocycles. The van der Waals surface area contributed by atoms with Gasteiger partial charge in [-0.05, 0) is 31.2 Å². The van der Waals surface area contributed by atoms with E-state index in [1.165, 1.54) is 0 Å². The number of benzene rings is 2. The first-order valence-electron chi connectivity index (χ1n) is 8.99. The fourth-order valence-corrected chi connectivity index (χ4v) is 3.73. The van der Waals surface area contributed by atoms with Crippen LogP contribution >= 0.6 is 0 Å². The van der Waals surface area contributed by atoms with Crippen LogP contribution in [0.25, 0.3) is 0 Å². The second-order valence-corrected chi connectivity index (χ2v) is 7.17. The number of Topliss-reactive ketones (excluding diaryl/α,β-unsaturated/α-hetero) is 1. The topological polar surface area (TPSA) is 58.6 Å². The summed E-state index contributed by atoms with van der Waals surface area (Å²) in [4.78, 5) is 26.8. The van der Waals surface area contributed by atoms with Crippen LogP contribution in [0.5, 0.6) is 5.75 Å². The summed E-state index contributed by atoms with van der Waals surface area (Å²) in [6, 6.07) is 15.1. The molecule has 0 aliphatic carbocycles. The number of nitrogens with zero attached hydrogens (tertiary/aromatic N) is 1. The first kappa shape index (κ1) is 16.6. The van der Waals surface area contributed by atoms with Gasteiger partial charge in [0.2, 0.25) is 0 Å². The van der Waals surface area contributed by atoms with Gasteiger partial charge >= 0.3 is 6.03 Å². The number of para-hydroxylation sites is 1. The van der Waals surface area contributed by atoms with Crippen LogP contribution in [0.2, 0.25) is 0 Å². The second-order valence-electron chi connectivity index (χ2n) is 7.17. The van der Waals surface area contributed by atoms with Crippen LogP contribution in [-0.4, -0.2) is 35.4 Å². The Morgan fingerprint density at radius 1 is 1.12 bits per heavy atom. The van der Waals surface area contributed by atoms with E-state index in [9.17, 15) is 9.59 Å². The molecule has 0 aromatic heterocycles. The van der Waals surface area contributed by atoms with E-state index >= 15 is 0 Å². The summed E-state index contributed by atoms with van der Waals surface area (Å²) in [5, 5.41) is 2.91. The number of carbonyl (C=O) groups is 2. The zero-order valence-electron chi connectivity index (χ0n) is 14.8. The van der Waals surface area contributed by atoms with Gasteiger partial charge in [0.1, 0.15) is 11.4 Å². The summed E-state index contributed by atoms with van der Waals surface area (Å²) in [5.41, 5.74) is 2.04. The molecule has 0 unspecified atom stereocenters. The summed E-state index contributed by atoms with van der Waals surface area (Å²) in [5.74, 6) is 0.811. The number of hydrogen-bond acceptors (Lipinski definition) is 3. The molecule has 0 saturated carbocycles. The SMILES string of the molecule is Cc1ccc2c(c1)C(=O)CC1(CCN(C(=O)Nc3ccccc3)CC1)O2. The first-order chi connectivity index (χ1) is 12.5. The number of nitrogens with one attached hydrogen (secondary N) is 1. The number of piperidine rings is 1. The van der Waals surface area contributed by atoms with Crippen LogP contribution in [0.4, 0.5) is 10.5 Å². The molecule has 2 aliphatic heterocycles. The average Bonchev–Trinajstić information content (AvgIpc) is 2.64. The minimum atomic E-state index is -0.483. The van der Waals surface area contributed by atoms with E-state index < -0.39 is 5.60 Å². The first-order valence-corrected chi connectivity index (χ1v) is 8.99. The maximum Gasteiger partial charge on any atom is 0.321 e. The molecule has 1 fully saturated rings. The fraction of sp³-hybridized carbons (Fsp3) is 0.333. The Hall–Kier alpha value is -2.82. The van der Waals surface area contributed by atoms with Crippen molar-refractivity contribution < 1.29 is 14.3 Å². The second kappa shape index (κ2) is 6.48. The van der Waals surface area contributed by atoms with Gasteiger partial charge < -0.3 is 15.0 Å². The third-order valence-corrected chi connectivity index (χ3v) is 5.23. The summed E-state index contributed by atoms with van der Waals surface area (Å²) >= 11 is 0. The van der Waals surface area contributed by atoms with Crippen molar-refractivity contribution in [2.45, 2.75) is 31.8 Å². The van der Waals surface area contributed by atoms with E-state index in [0.717, 1.165) is 11.3 Å². The maximum absolute atomic E-state index is 12.6. The number of ketones is 1. The van der Waals surface area contributed by atoms with Crippen LogP contribution in [0.15, 0.2) is 48.5 Å². The fourth-order valence-electron chi connectivity index (χ4n) is 3.73. The Labute approximate surface area is 153 Å². The number of likely N-dealkylation sites (tertiary alicyclic amines) is 1. The molecule has 4 rings (SSSR count). The summed E-state index contributed by atoms with van der Waals surface area (Å²) < 4.78 is 6.25. The van der Waals surface area contributed by atoms with Crippen LogP contribution in [0.1, 0.15) is 35.2 Å². The van der Waals surface area contributed by atoms with Crippen molar-refractivity contribution in [2.24, 2.45) is 0 Å². The third-order valence-electron chi connectivity index (χ3n) is 5.23. The Balaban J connectivity index is 1.42. The number of ether oxygens (including phenoxy) is 1. The predicted octanol–water partition coefficient (Wildman–Crippen LogP) is 4.03. The van der Waals surface area contributed by atoms with Crippen molar-refractivity contribution in [3.63, 3.8) is 0 Å². The number of fused-ring (bicyclic) bond motifs is 1. The number of hydrogen-bond donors (Lipinski definition) is 1. The minimum absolute atomic E-state index is 0.107. The van der Waals surface area contributed by atoms with Crippen molar-refractivity contribution in [1.82, 2.24) is 4.90 Å². The summed E-state index contributed by atoms with van der Waals surface area (Å²) in [6.45, 7) is 3.13. The van der Waals surface area contributed by atoms with E-state index in [4.69, 9.17) is 4.74 Å². The molecule has 0 bridgehead atoms. The lowest BCUT2D eigenvalue weighted by Crippen LogP contribution is -2.53. The normalized spacial score (nSPS) is 18.2. The number of urea groups is 1. The Kier molecular flexibility index (Phi) is 4.15. The van der Waals surface area contributed by atoms with Gasteiger partial charge in [0, 0.05) is 31.6 Å². The van der Waals surface area contributed by atoms with Crippen molar-refractivity contribution in [3.05, 3.63) is 59.7 Å². The molecule has 134 valence electrons. The Bertz CT molecular complexity index is 840. The molecule has 5 nitrogen and oxygen atoms in total. The van der Waals surface area contributed by atoms with Crippen molar-refractivity contribution in [3.8, 4) is 5.75 Å². The average molecular weight is 350 g/mol. The van der Waals surface area contributed by atoms with E-state index in [2.05, 4.69) is 5.32 Å². The molecule has 2 heterocycles. The number of anilines is 1. The molecule has 2 aromatic rings. The smallest absolute Gasteiger partial charge is 0.321 e. The Morgan fingerprint density at radius 2 is 1.85 bits per heavy atom. The van der Waals surface area contributed by atoms with Gasteiger partial charge in [-0.2, -0.15) is 0 Å².